The number of methoxy groups -OCH3 is 1. The summed E-state index contributed by atoms with van der Waals surface area (Å²) in [6, 6.07) is 6.31. The molecule has 1 aliphatic heterocycles. The number of Topliss-reactive ketones (excluding diaryl/α,β-unsaturated/α-hetero) is 1. The Kier molecular flexibility index (Phi) is 8.57. The van der Waals surface area contributed by atoms with Crippen molar-refractivity contribution in [2.24, 2.45) is 0 Å². The summed E-state index contributed by atoms with van der Waals surface area (Å²) in [4.78, 5) is 44.2. The summed E-state index contributed by atoms with van der Waals surface area (Å²) in [5.74, 6) is -2.00. The van der Waals surface area contributed by atoms with Gasteiger partial charge in [-0.3, -0.25) is 9.59 Å². The molecule has 1 saturated heterocycles. The molecule has 1 unspecified atom stereocenters. The van der Waals surface area contributed by atoms with E-state index < -0.39 is 29.5 Å². The number of quaternary nitrogens is 1. The van der Waals surface area contributed by atoms with Crippen molar-refractivity contribution in [2.75, 3.05) is 40.9 Å². The number of aryl methyl sites for hydroxylation is 1. The van der Waals surface area contributed by atoms with E-state index in [2.05, 4.69) is 4.98 Å². The van der Waals surface area contributed by atoms with Crippen LogP contribution in [0.2, 0.25) is 0 Å². The minimum atomic E-state index is -0.829. The minimum absolute atomic E-state index is 0.110. The number of rotatable bonds is 10. The number of hydrogen-bond acceptors (Lipinski definition) is 6. The van der Waals surface area contributed by atoms with Crippen LogP contribution in [0.5, 0.6) is 5.75 Å². The van der Waals surface area contributed by atoms with E-state index >= 15 is 0 Å². The number of benzene rings is 1. The van der Waals surface area contributed by atoms with Gasteiger partial charge in [0.2, 0.25) is 5.78 Å². The van der Waals surface area contributed by atoms with Crippen molar-refractivity contribution in [1.82, 2.24) is 9.88 Å². The van der Waals surface area contributed by atoms with Crippen LogP contribution in [0.15, 0.2) is 29.8 Å². The molecule has 2 aromatic rings. The third kappa shape index (κ3) is 5.31. The molecule has 1 aliphatic rings. The van der Waals surface area contributed by atoms with E-state index in [0.717, 1.165) is 13.0 Å². The van der Waals surface area contributed by atoms with E-state index in [-0.39, 0.29) is 16.8 Å². The van der Waals surface area contributed by atoms with E-state index in [1.54, 1.807) is 38.1 Å². The van der Waals surface area contributed by atoms with E-state index in [0.29, 0.717) is 42.1 Å². The molecule has 1 aromatic heterocycles. The van der Waals surface area contributed by atoms with Gasteiger partial charge in [-0.15, -0.1) is 0 Å². The molecule has 1 atom stereocenters. The summed E-state index contributed by atoms with van der Waals surface area (Å²) in [7, 11) is 5.28. The maximum Gasteiger partial charge on any atom is 0.354 e. The first kappa shape index (κ1) is 27.0. The minimum Gasteiger partial charge on any atom is -0.872 e. The quantitative estimate of drug-likeness (QED) is 0.219. The van der Waals surface area contributed by atoms with E-state index in [1.165, 1.54) is 16.9 Å². The first-order valence-electron chi connectivity index (χ1n) is 12.2. The molecule has 2 heterocycles. The molecule has 9 heteroatoms. The lowest BCUT2D eigenvalue weighted by Gasteiger charge is -2.28. The second kappa shape index (κ2) is 11.4. The largest absolute Gasteiger partial charge is 0.872 e. The summed E-state index contributed by atoms with van der Waals surface area (Å²) >= 11 is 0. The molecule has 0 spiro atoms. The maximum absolute atomic E-state index is 13.9. The lowest BCUT2D eigenvalue weighted by Crippen LogP contribution is -3.05. The highest BCUT2D eigenvalue weighted by Gasteiger charge is 2.44. The molecule has 3 rings (SSSR count). The van der Waals surface area contributed by atoms with Gasteiger partial charge < -0.3 is 29.4 Å². The van der Waals surface area contributed by atoms with Gasteiger partial charge in [-0.2, -0.15) is 0 Å². The maximum atomic E-state index is 13.9. The van der Waals surface area contributed by atoms with E-state index in [9.17, 15) is 19.5 Å². The molecule has 1 amide bonds. The monoisotopic (exact) mass is 497 g/mol. The SMILES string of the molecule is CCCOc1ccc(C2/C(=C(\[O-])c3c(C)[nH]c(C(=O)OC)c3C)C(=O)C(=O)N2CCC[NH+](C)C)cc1. The summed E-state index contributed by atoms with van der Waals surface area (Å²) < 4.78 is 10.5. The molecule has 1 fully saturated rings. The van der Waals surface area contributed by atoms with Gasteiger partial charge in [0, 0.05) is 24.2 Å². The van der Waals surface area contributed by atoms with Crippen LogP contribution >= 0.6 is 0 Å². The van der Waals surface area contributed by atoms with Gasteiger partial charge in [0.15, 0.2) is 0 Å². The highest BCUT2D eigenvalue weighted by atomic mass is 16.5. The number of ketones is 1. The van der Waals surface area contributed by atoms with Crippen LogP contribution in [-0.4, -0.2) is 68.4 Å². The molecule has 2 N–H and O–H groups in total. The number of hydrogen-bond donors (Lipinski definition) is 2. The number of carbonyl (C=O) groups is 3. The Labute approximate surface area is 211 Å². The molecule has 0 radical (unpaired) electrons. The Morgan fingerprint density at radius 2 is 1.83 bits per heavy atom. The number of likely N-dealkylation sites (tertiary alicyclic amines) is 1. The standard InChI is InChI=1S/C27H35N3O6/c1-7-15-36-19-11-9-18(10-12-19)23-21(25(32)26(33)30(23)14-8-13-29(4)5)24(31)20-16(2)22(27(34)35-6)28-17(20)3/h9-12,23,28,31H,7-8,13-15H2,1-6H3/b24-21+. The van der Waals surface area contributed by atoms with Crippen molar-refractivity contribution in [3.63, 3.8) is 0 Å². The zero-order chi connectivity index (χ0) is 26.6. The van der Waals surface area contributed by atoms with Gasteiger partial charge in [0.25, 0.3) is 5.91 Å². The number of ether oxygens (including phenoxy) is 2. The summed E-state index contributed by atoms with van der Waals surface area (Å²) in [5.41, 5.74) is 1.71. The van der Waals surface area contributed by atoms with Crippen molar-refractivity contribution in [3.05, 3.63) is 57.9 Å². The van der Waals surface area contributed by atoms with Gasteiger partial charge in [-0.05, 0) is 49.1 Å². The van der Waals surface area contributed by atoms with Gasteiger partial charge in [-0.25, -0.2) is 4.79 Å². The molecule has 194 valence electrons. The first-order valence-corrected chi connectivity index (χ1v) is 12.2. The fraction of sp³-hybridized carbons (Fsp3) is 0.444. The normalized spacial score (nSPS) is 17.2. The average Bonchev–Trinajstić information content (AvgIpc) is 3.29. The molecular weight excluding hydrogens is 462 g/mol. The predicted molar refractivity (Wildman–Crippen MR) is 133 cm³/mol. The fourth-order valence-electron chi connectivity index (χ4n) is 4.55. The van der Waals surface area contributed by atoms with Crippen molar-refractivity contribution in [2.45, 2.75) is 39.7 Å². The topological polar surface area (TPSA) is 116 Å². The molecule has 0 bridgehead atoms. The number of esters is 1. The number of carbonyl (C=O) groups excluding carboxylic acids is 3. The number of nitrogens with one attached hydrogen (secondary N) is 2. The number of nitrogens with zero attached hydrogens (tertiary/aromatic N) is 1. The number of aromatic amines is 1. The second-order valence-electron chi connectivity index (χ2n) is 9.32. The first-order chi connectivity index (χ1) is 17.1. The lowest BCUT2D eigenvalue weighted by atomic mass is 9.94. The third-order valence-corrected chi connectivity index (χ3v) is 6.33. The lowest BCUT2D eigenvalue weighted by molar-refractivity contribution is -0.858. The summed E-state index contributed by atoms with van der Waals surface area (Å²) in [6.07, 6.45) is 1.54. The second-order valence-corrected chi connectivity index (χ2v) is 9.32. The molecule has 0 aliphatic carbocycles. The van der Waals surface area contributed by atoms with Gasteiger partial charge >= 0.3 is 5.97 Å². The summed E-state index contributed by atoms with van der Waals surface area (Å²) in [6.45, 7) is 7.00. The molecule has 9 nitrogen and oxygen atoms in total. The van der Waals surface area contributed by atoms with E-state index in [1.807, 2.05) is 21.0 Å². The van der Waals surface area contributed by atoms with Crippen molar-refractivity contribution < 1.29 is 33.9 Å². The molecule has 0 saturated carbocycles. The van der Waals surface area contributed by atoms with Gasteiger partial charge in [0.05, 0.1) is 40.4 Å². The molecular formula is C27H35N3O6. The Balaban J connectivity index is 2.13. The summed E-state index contributed by atoms with van der Waals surface area (Å²) in [5, 5.41) is 13.9. The van der Waals surface area contributed by atoms with Crippen molar-refractivity contribution in [3.8, 4) is 5.75 Å². The number of amides is 1. The number of H-pyrrole nitrogens is 1. The highest BCUT2D eigenvalue weighted by Crippen LogP contribution is 2.40. The predicted octanol–water partition coefficient (Wildman–Crippen LogP) is 0.966. The highest BCUT2D eigenvalue weighted by molar-refractivity contribution is 6.46. The van der Waals surface area contributed by atoms with Crippen LogP contribution in [0.1, 0.15) is 58.7 Å². The van der Waals surface area contributed by atoms with Crippen LogP contribution in [0, 0.1) is 13.8 Å². The number of aromatic nitrogens is 1. The Morgan fingerprint density at radius 3 is 2.42 bits per heavy atom. The van der Waals surface area contributed by atoms with Gasteiger partial charge in [-0.1, -0.05) is 24.8 Å². The zero-order valence-electron chi connectivity index (χ0n) is 21.8. The van der Waals surface area contributed by atoms with Crippen LogP contribution < -0.4 is 14.7 Å². The van der Waals surface area contributed by atoms with Crippen molar-refractivity contribution >= 4 is 23.4 Å². The smallest absolute Gasteiger partial charge is 0.354 e. The fourth-order valence-corrected chi connectivity index (χ4v) is 4.55. The molecule has 36 heavy (non-hydrogen) atoms. The van der Waals surface area contributed by atoms with Crippen LogP contribution in [0.4, 0.5) is 0 Å². The average molecular weight is 498 g/mol. The van der Waals surface area contributed by atoms with E-state index in [4.69, 9.17) is 9.47 Å². The van der Waals surface area contributed by atoms with Crippen LogP contribution in [0.25, 0.3) is 5.76 Å². The zero-order valence-corrected chi connectivity index (χ0v) is 21.8. The Hall–Kier alpha value is -3.59. The Bertz CT molecular complexity index is 1160. The van der Waals surface area contributed by atoms with Crippen LogP contribution in [-0.2, 0) is 14.3 Å². The van der Waals surface area contributed by atoms with Gasteiger partial charge in [0.1, 0.15) is 11.4 Å². The van der Waals surface area contributed by atoms with Crippen molar-refractivity contribution in [1.29, 1.82) is 0 Å². The molecule has 1 aromatic carbocycles. The Morgan fingerprint density at radius 1 is 1.17 bits per heavy atom. The van der Waals surface area contributed by atoms with Crippen LogP contribution in [0.3, 0.4) is 0 Å². The third-order valence-electron chi connectivity index (χ3n) is 6.33.